The van der Waals surface area contributed by atoms with Crippen molar-refractivity contribution < 1.29 is 4.43 Å². The van der Waals surface area contributed by atoms with Gasteiger partial charge in [-0.3, -0.25) is 0 Å². The molecule has 12 heavy (non-hydrogen) atoms. The summed E-state index contributed by atoms with van der Waals surface area (Å²) in [6.45, 7) is 9.25. The van der Waals surface area contributed by atoms with Gasteiger partial charge in [0.2, 0.25) is 0 Å². The van der Waals surface area contributed by atoms with E-state index >= 15 is 0 Å². The molecule has 1 rings (SSSR count). The number of hydrogen-bond acceptors (Lipinski definition) is 1. The van der Waals surface area contributed by atoms with E-state index in [-0.39, 0.29) is 0 Å². The molecular formula is C10H22OSi. The summed E-state index contributed by atoms with van der Waals surface area (Å²) in [7, 11) is -1.28. The molecule has 0 heterocycles. The van der Waals surface area contributed by atoms with Crippen molar-refractivity contribution in [3.05, 3.63) is 0 Å². The molecule has 1 fully saturated rings. The third kappa shape index (κ3) is 2.59. The molecule has 0 aromatic rings. The molecule has 2 heteroatoms. The second kappa shape index (κ2) is 3.92. The summed E-state index contributed by atoms with van der Waals surface area (Å²) in [6.07, 6.45) is 4.64. The zero-order valence-electron chi connectivity index (χ0n) is 8.89. The molecular weight excluding hydrogens is 164 g/mol. The Morgan fingerprint density at radius 2 is 2.00 bits per heavy atom. The molecule has 0 spiro atoms. The predicted molar refractivity (Wildman–Crippen MR) is 55.9 cm³/mol. The second-order valence-electron chi connectivity index (χ2n) is 4.68. The van der Waals surface area contributed by atoms with Gasteiger partial charge in [-0.2, -0.15) is 0 Å². The van der Waals surface area contributed by atoms with Gasteiger partial charge in [0.1, 0.15) is 0 Å². The molecule has 72 valence electrons. The van der Waals surface area contributed by atoms with Crippen molar-refractivity contribution in [2.45, 2.75) is 58.4 Å². The summed E-state index contributed by atoms with van der Waals surface area (Å²) in [6, 6.07) is 1.25. The second-order valence-corrected chi connectivity index (χ2v) is 9.14. The molecule has 1 aliphatic carbocycles. The van der Waals surface area contributed by atoms with Crippen molar-refractivity contribution >= 4 is 8.32 Å². The first-order valence-electron chi connectivity index (χ1n) is 5.23. The monoisotopic (exact) mass is 186 g/mol. The largest absolute Gasteiger partial charge is 0.414 e. The van der Waals surface area contributed by atoms with E-state index in [1.54, 1.807) is 0 Å². The van der Waals surface area contributed by atoms with Gasteiger partial charge in [0.05, 0.1) is 0 Å². The van der Waals surface area contributed by atoms with Crippen molar-refractivity contribution in [1.82, 2.24) is 0 Å². The molecule has 2 atom stereocenters. The van der Waals surface area contributed by atoms with Crippen molar-refractivity contribution in [2.24, 2.45) is 5.92 Å². The first-order valence-corrected chi connectivity index (χ1v) is 8.34. The lowest BCUT2D eigenvalue weighted by molar-refractivity contribution is 0.158. The predicted octanol–water partition coefficient (Wildman–Crippen LogP) is 3.42. The van der Waals surface area contributed by atoms with Crippen LogP contribution in [0.15, 0.2) is 0 Å². The lowest BCUT2D eigenvalue weighted by Crippen LogP contribution is -2.35. The van der Waals surface area contributed by atoms with Gasteiger partial charge in [0.25, 0.3) is 0 Å². The van der Waals surface area contributed by atoms with Gasteiger partial charge >= 0.3 is 0 Å². The quantitative estimate of drug-likeness (QED) is 0.614. The van der Waals surface area contributed by atoms with Crippen LogP contribution in [0.3, 0.4) is 0 Å². The van der Waals surface area contributed by atoms with Gasteiger partial charge in [-0.25, -0.2) is 0 Å². The number of hydrogen-bond donors (Lipinski definition) is 0. The highest BCUT2D eigenvalue weighted by Crippen LogP contribution is 2.30. The molecule has 2 unspecified atom stereocenters. The summed E-state index contributed by atoms with van der Waals surface area (Å²) in [5.41, 5.74) is 0. The van der Waals surface area contributed by atoms with Crippen LogP contribution < -0.4 is 0 Å². The Hall–Kier alpha value is 0.177. The average Bonchev–Trinajstić information content (AvgIpc) is 2.36. The van der Waals surface area contributed by atoms with Crippen LogP contribution in [-0.2, 0) is 4.43 Å². The minimum absolute atomic E-state index is 0.589. The third-order valence-electron chi connectivity index (χ3n) is 3.10. The molecule has 0 aromatic heterocycles. The summed E-state index contributed by atoms with van der Waals surface area (Å²) in [5, 5.41) is 0. The average molecular weight is 186 g/mol. The van der Waals surface area contributed by atoms with Crippen LogP contribution in [0, 0.1) is 5.92 Å². The lowest BCUT2D eigenvalue weighted by atomic mass is 10.1. The lowest BCUT2D eigenvalue weighted by Gasteiger charge is -2.28. The van der Waals surface area contributed by atoms with Crippen LogP contribution in [0.4, 0.5) is 0 Å². The van der Waals surface area contributed by atoms with Crippen LogP contribution in [0.25, 0.3) is 0 Å². The smallest absolute Gasteiger partial charge is 0.186 e. The molecule has 0 bridgehead atoms. The van der Waals surface area contributed by atoms with Crippen molar-refractivity contribution in [1.29, 1.82) is 0 Å². The van der Waals surface area contributed by atoms with E-state index < -0.39 is 8.32 Å². The van der Waals surface area contributed by atoms with Gasteiger partial charge in [0, 0.05) is 6.10 Å². The Bertz CT molecular complexity index is 145. The highest BCUT2D eigenvalue weighted by molar-refractivity contribution is 6.71. The minimum Gasteiger partial charge on any atom is -0.414 e. The Labute approximate surface area is 77.6 Å². The Morgan fingerprint density at radius 1 is 1.33 bits per heavy atom. The Kier molecular flexibility index (Phi) is 3.35. The third-order valence-corrected chi connectivity index (χ3v) is 5.75. The van der Waals surface area contributed by atoms with E-state index in [1.165, 1.54) is 25.3 Å². The fourth-order valence-electron chi connectivity index (χ4n) is 1.78. The van der Waals surface area contributed by atoms with Crippen molar-refractivity contribution in [3.8, 4) is 0 Å². The van der Waals surface area contributed by atoms with Gasteiger partial charge in [-0.15, -0.1) is 0 Å². The van der Waals surface area contributed by atoms with Crippen LogP contribution >= 0.6 is 0 Å². The maximum atomic E-state index is 6.20. The van der Waals surface area contributed by atoms with E-state index in [9.17, 15) is 0 Å². The Morgan fingerprint density at radius 3 is 2.42 bits per heavy atom. The molecule has 0 radical (unpaired) electrons. The van der Waals surface area contributed by atoms with E-state index in [2.05, 4.69) is 26.9 Å². The first kappa shape index (κ1) is 10.3. The van der Waals surface area contributed by atoms with Crippen LogP contribution in [0.1, 0.15) is 33.1 Å². The Balaban J connectivity index is 2.39. The van der Waals surface area contributed by atoms with Gasteiger partial charge < -0.3 is 4.43 Å². The molecule has 1 nitrogen and oxygen atoms in total. The molecule has 0 amide bonds. The molecule has 0 aromatic carbocycles. The highest BCUT2D eigenvalue weighted by Gasteiger charge is 2.30. The maximum absolute atomic E-state index is 6.20. The number of rotatable bonds is 3. The van der Waals surface area contributed by atoms with E-state index in [0.717, 1.165) is 5.92 Å². The zero-order valence-corrected chi connectivity index (χ0v) is 9.89. The molecule has 0 N–H and O–H groups in total. The molecule has 1 saturated carbocycles. The SMILES string of the molecule is CC[Si](C)(C)OC1CCCC1C. The van der Waals surface area contributed by atoms with E-state index in [4.69, 9.17) is 4.43 Å². The van der Waals surface area contributed by atoms with Crippen LogP contribution in [0.5, 0.6) is 0 Å². The molecule has 0 aliphatic heterocycles. The summed E-state index contributed by atoms with van der Waals surface area (Å²) in [5.74, 6) is 0.809. The normalized spacial score (nSPS) is 31.0. The van der Waals surface area contributed by atoms with Crippen LogP contribution in [0.2, 0.25) is 19.1 Å². The fourth-order valence-corrected chi connectivity index (χ4v) is 3.12. The van der Waals surface area contributed by atoms with Gasteiger partial charge in [0.15, 0.2) is 8.32 Å². The fraction of sp³-hybridized carbons (Fsp3) is 1.00. The summed E-state index contributed by atoms with van der Waals surface area (Å²) < 4.78 is 6.20. The van der Waals surface area contributed by atoms with Crippen molar-refractivity contribution in [2.75, 3.05) is 0 Å². The van der Waals surface area contributed by atoms with Gasteiger partial charge in [-0.05, 0) is 37.9 Å². The minimum atomic E-state index is -1.28. The summed E-state index contributed by atoms with van der Waals surface area (Å²) in [4.78, 5) is 0. The van der Waals surface area contributed by atoms with Crippen molar-refractivity contribution in [3.63, 3.8) is 0 Å². The molecule has 0 saturated heterocycles. The maximum Gasteiger partial charge on any atom is 0.186 e. The first-order chi connectivity index (χ1) is 5.55. The van der Waals surface area contributed by atoms with E-state index in [0.29, 0.717) is 6.10 Å². The highest BCUT2D eigenvalue weighted by atomic mass is 28.4. The standard InChI is InChI=1S/C10H22OSi/c1-5-12(3,4)11-10-8-6-7-9(10)2/h9-10H,5-8H2,1-4H3. The zero-order chi connectivity index (χ0) is 9.19. The topological polar surface area (TPSA) is 9.23 Å². The van der Waals surface area contributed by atoms with E-state index in [1.807, 2.05) is 0 Å². The summed E-state index contributed by atoms with van der Waals surface area (Å²) >= 11 is 0. The van der Waals surface area contributed by atoms with Gasteiger partial charge in [-0.1, -0.05) is 20.3 Å². The molecule has 1 aliphatic rings. The van der Waals surface area contributed by atoms with Crippen LogP contribution in [-0.4, -0.2) is 14.4 Å².